The van der Waals surface area contributed by atoms with Crippen molar-refractivity contribution < 1.29 is 17.6 Å². The largest absolute Gasteiger partial charge is 0.324 e. The van der Waals surface area contributed by atoms with E-state index in [1.165, 1.54) is 18.2 Å². The molecule has 0 spiro atoms. The number of anilines is 1. The molecule has 2 aromatic carbocycles. The second-order valence-corrected chi connectivity index (χ2v) is 7.77. The average Bonchev–Trinajstić information content (AvgIpc) is 2.52. The highest BCUT2D eigenvalue weighted by molar-refractivity contribution is 7.89. The normalized spacial score (nSPS) is 11.4. The first-order valence-corrected chi connectivity index (χ1v) is 9.37. The Balaban J connectivity index is 1.92. The van der Waals surface area contributed by atoms with Gasteiger partial charge in [0.05, 0.1) is 10.6 Å². The quantitative estimate of drug-likeness (QED) is 0.801. The fourth-order valence-electron chi connectivity index (χ4n) is 2.07. The summed E-state index contributed by atoms with van der Waals surface area (Å²) in [4.78, 5) is 12.0. The Morgan fingerprint density at radius 3 is 2.48 bits per heavy atom. The molecule has 0 heterocycles. The van der Waals surface area contributed by atoms with Crippen LogP contribution in [0.25, 0.3) is 0 Å². The minimum Gasteiger partial charge on any atom is -0.324 e. The molecule has 0 bridgehead atoms. The lowest BCUT2D eigenvalue weighted by atomic mass is 10.1. The molecule has 134 valence electrons. The van der Waals surface area contributed by atoms with Crippen molar-refractivity contribution in [1.29, 1.82) is 0 Å². The molecule has 2 rings (SSSR count). The lowest BCUT2D eigenvalue weighted by molar-refractivity contribution is -0.116. The van der Waals surface area contributed by atoms with Crippen LogP contribution in [0.5, 0.6) is 0 Å². The maximum atomic E-state index is 13.6. The summed E-state index contributed by atoms with van der Waals surface area (Å²) in [5.41, 5.74) is 1.84. The van der Waals surface area contributed by atoms with Gasteiger partial charge in [-0.1, -0.05) is 17.7 Å². The van der Waals surface area contributed by atoms with Gasteiger partial charge in [-0.05, 0) is 55.3 Å². The van der Waals surface area contributed by atoms with Gasteiger partial charge in [-0.15, -0.1) is 0 Å². The highest BCUT2D eigenvalue weighted by atomic mass is 35.5. The van der Waals surface area contributed by atoms with Crippen LogP contribution in [-0.4, -0.2) is 20.9 Å². The molecule has 2 aromatic rings. The summed E-state index contributed by atoms with van der Waals surface area (Å²) in [6.07, 6.45) is -0.133. The molecule has 0 aliphatic carbocycles. The average molecular weight is 385 g/mol. The Hall–Kier alpha value is -1.96. The molecular weight excluding hydrogens is 367 g/mol. The van der Waals surface area contributed by atoms with Crippen molar-refractivity contribution in [1.82, 2.24) is 4.72 Å². The van der Waals surface area contributed by atoms with Crippen LogP contribution >= 0.6 is 11.6 Å². The Labute approximate surface area is 151 Å². The summed E-state index contributed by atoms with van der Waals surface area (Å²) in [7, 11) is -3.70. The molecule has 0 atom stereocenters. The molecule has 0 radical (unpaired) electrons. The second kappa shape index (κ2) is 7.95. The molecular formula is C17H18ClFN2O3S. The van der Waals surface area contributed by atoms with Crippen molar-refractivity contribution in [2.45, 2.75) is 25.2 Å². The van der Waals surface area contributed by atoms with Gasteiger partial charge in [0.2, 0.25) is 15.9 Å². The van der Waals surface area contributed by atoms with Crippen molar-refractivity contribution in [2.75, 3.05) is 11.9 Å². The van der Waals surface area contributed by atoms with Crippen molar-refractivity contribution in [3.05, 3.63) is 58.4 Å². The van der Waals surface area contributed by atoms with E-state index in [9.17, 15) is 17.6 Å². The lowest BCUT2D eigenvalue weighted by Crippen LogP contribution is -2.28. The van der Waals surface area contributed by atoms with Gasteiger partial charge >= 0.3 is 0 Å². The van der Waals surface area contributed by atoms with Crippen LogP contribution in [0.1, 0.15) is 17.5 Å². The van der Waals surface area contributed by atoms with E-state index in [4.69, 9.17) is 11.6 Å². The van der Waals surface area contributed by atoms with Crippen molar-refractivity contribution in [3.8, 4) is 0 Å². The number of carbonyl (C=O) groups is 1. The van der Waals surface area contributed by atoms with Crippen molar-refractivity contribution in [2.24, 2.45) is 0 Å². The minimum absolute atomic E-state index is 0.00795. The van der Waals surface area contributed by atoms with E-state index in [1.807, 2.05) is 13.8 Å². The number of carbonyl (C=O) groups excluding carboxylic acids is 1. The lowest BCUT2D eigenvalue weighted by Gasteiger charge is -2.09. The maximum Gasteiger partial charge on any atom is 0.240 e. The standard InChI is InChI=1S/C17H18ClFN2O3S/c1-11-3-5-14(9-12(11)2)25(23,24)20-8-7-17(22)21-16-6-4-13(18)10-15(16)19/h3-6,9-10,20H,7-8H2,1-2H3,(H,21,22). The zero-order chi connectivity index (χ0) is 18.6. The number of halogens is 2. The fourth-order valence-corrected chi connectivity index (χ4v) is 3.34. The predicted octanol–water partition coefficient (Wildman–Crippen LogP) is 3.40. The number of hydrogen-bond acceptors (Lipinski definition) is 3. The minimum atomic E-state index is -3.70. The number of aryl methyl sites for hydroxylation is 2. The third-order valence-electron chi connectivity index (χ3n) is 3.64. The van der Waals surface area contributed by atoms with Gasteiger partial charge < -0.3 is 5.32 Å². The molecule has 5 nitrogen and oxygen atoms in total. The van der Waals surface area contributed by atoms with Gasteiger partial charge in [0, 0.05) is 18.0 Å². The zero-order valence-corrected chi connectivity index (χ0v) is 15.3. The fraction of sp³-hybridized carbons (Fsp3) is 0.235. The van der Waals surface area contributed by atoms with Crippen LogP contribution in [0.2, 0.25) is 5.02 Å². The molecule has 0 saturated heterocycles. The molecule has 0 aromatic heterocycles. The summed E-state index contributed by atoms with van der Waals surface area (Å²) in [6.45, 7) is 3.61. The Bertz CT molecular complexity index is 901. The Kier molecular flexibility index (Phi) is 6.16. The van der Waals surface area contributed by atoms with Crippen LogP contribution in [0.3, 0.4) is 0 Å². The first-order valence-electron chi connectivity index (χ1n) is 7.51. The molecule has 25 heavy (non-hydrogen) atoms. The first kappa shape index (κ1) is 19.4. The van der Waals surface area contributed by atoms with Gasteiger partial charge in [-0.2, -0.15) is 0 Å². The Morgan fingerprint density at radius 2 is 1.84 bits per heavy atom. The molecule has 0 saturated carbocycles. The number of rotatable bonds is 6. The van der Waals surface area contributed by atoms with E-state index >= 15 is 0 Å². The number of benzene rings is 2. The van der Waals surface area contributed by atoms with E-state index in [1.54, 1.807) is 12.1 Å². The topological polar surface area (TPSA) is 75.3 Å². The SMILES string of the molecule is Cc1ccc(S(=O)(=O)NCCC(=O)Nc2ccc(Cl)cc2F)cc1C. The van der Waals surface area contributed by atoms with E-state index < -0.39 is 21.7 Å². The smallest absolute Gasteiger partial charge is 0.240 e. The van der Waals surface area contributed by atoms with E-state index in [0.717, 1.165) is 17.2 Å². The van der Waals surface area contributed by atoms with Crippen molar-refractivity contribution >= 4 is 33.2 Å². The molecule has 0 aliphatic heterocycles. The number of sulfonamides is 1. The van der Waals surface area contributed by atoms with Gasteiger partial charge in [-0.25, -0.2) is 17.5 Å². The summed E-state index contributed by atoms with van der Waals surface area (Å²) in [5, 5.41) is 2.59. The molecule has 8 heteroatoms. The van der Waals surface area contributed by atoms with Crippen molar-refractivity contribution in [3.63, 3.8) is 0 Å². The highest BCUT2D eigenvalue weighted by Crippen LogP contribution is 2.19. The Morgan fingerprint density at radius 1 is 1.12 bits per heavy atom. The van der Waals surface area contributed by atoms with Gasteiger partial charge in [-0.3, -0.25) is 4.79 Å². The van der Waals surface area contributed by atoms with Gasteiger partial charge in [0.15, 0.2) is 0 Å². The summed E-state index contributed by atoms with van der Waals surface area (Å²) in [5.74, 6) is -1.17. The molecule has 1 amide bonds. The molecule has 0 unspecified atom stereocenters. The summed E-state index contributed by atoms with van der Waals surface area (Å²) >= 11 is 5.64. The van der Waals surface area contributed by atoms with E-state index in [0.29, 0.717) is 0 Å². The number of nitrogens with one attached hydrogen (secondary N) is 2. The summed E-state index contributed by atoms with van der Waals surface area (Å²) < 4.78 is 40.4. The van der Waals surface area contributed by atoms with Crippen LogP contribution < -0.4 is 10.0 Å². The first-order chi connectivity index (χ1) is 11.7. The van der Waals surface area contributed by atoms with Gasteiger partial charge in [0.1, 0.15) is 5.82 Å². The van der Waals surface area contributed by atoms with E-state index in [2.05, 4.69) is 10.0 Å². The highest BCUT2D eigenvalue weighted by Gasteiger charge is 2.15. The third kappa shape index (κ3) is 5.26. The van der Waals surface area contributed by atoms with Gasteiger partial charge in [0.25, 0.3) is 0 Å². The molecule has 0 aliphatic rings. The van der Waals surface area contributed by atoms with Crippen LogP contribution in [0.4, 0.5) is 10.1 Å². The predicted molar refractivity (Wildman–Crippen MR) is 95.8 cm³/mol. The van der Waals surface area contributed by atoms with Crippen LogP contribution in [-0.2, 0) is 14.8 Å². The van der Waals surface area contributed by atoms with Crippen LogP contribution in [0, 0.1) is 19.7 Å². The molecule has 2 N–H and O–H groups in total. The zero-order valence-electron chi connectivity index (χ0n) is 13.8. The second-order valence-electron chi connectivity index (χ2n) is 5.57. The summed E-state index contributed by atoms with van der Waals surface area (Å²) in [6, 6.07) is 8.67. The van der Waals surface area contributed by atoms with Crippen LogP contribution in [0.15, 0.2) is 41.3 Å². The van der Waals surface area contributed by atoms with E-state index in [-0.39, 0.29) is 28.6 Å². The third-order valence-corrected chi connectivity index (χ3v) is 5.33. The number of amides is 1. The maximum absolute atomic E-state index is 13.6. The molecule has 0 fully saturated rings. The monoisotopic (exact) mass is 384 g/mol. The number of hydrogen-bond donors (Lipinski definition) is 2.